The van der Waals surface area contributed by atoms with Gasteiger partial charge in [0.2, 0.25) is 5.95 Å². The van der Waals surface area contributed by atoms with Gasteiger partial charge in [0.1, 0.15) is 5.82 Å². The molecule has 10 heteroatoms. The van der Waals surface area contributed by atoms with Crippen molar-refractivity contribution in [2.24, 2.45) is 0 Å². The molecule has 0 saturated carbocycles. The Labute approximate surface area is 204 Å². The normalized spacial score (nSPS) is 13.6. The molecule has 0 atom stereocenters. The lowest BCUT2D eigenvalue weighted by atomic mass is 10.0. The molecule has 34 heavy (non-hydrogen) atoms. The second-order valence-electron chi connectivity index (χ2n) is 7.84. The zero-order valence-corrected chi connectivity index (χ0v) is 20.2. The van der Waals surface area contributed by atoms with Crippen LogP contribution in [0, 0.1) is 19.8 Å². The number of nitrogens with zero attached hydrogens (tertiary/aromatic N) is 5. The molecule has 4 aromatic heterocycles. The number of aromatic nitrogens is 4. The molecule has 0 aliphatic carbocycles. The highest BCUT2D eigenvalue weighted by Gasteiger charge is 2.20. The second-order valence-corrected chi connectivity index (χ2v) is 9.90. The Balaban J connectivity index is 1.22. The Morgan fingerprint density at radius 1 is 1.12 bits per heavy atom. The number of halogens is 1. The summed E-state index contributed by atoms with van der Waals surface area (Å²) in [7, 11) is 0. The van der Waals surface area contributed by atoms with E-state index in [1.54, 1.807) is 40.6 Å². The van der Waals surface area contributed by atoms with Crippen LogP contribution in [0.5, 0.6) is 0 Å². The second kappa shape index (κ2) is 9.40. The predicted molar refractivity (Wildman–Crippen MR) is 133 cm³/mol. The molecule has 0 spiro atoms. The Morgan fingerprint density at radius 2 is 2.00 bits per heavy atom. The van der Waals surface area contributed by atoms with Crippen LogP contribution in [-0.4, -0.2) is 43.8 Å². The summed E-state index contributed by atoms with van der Waals surface area (Å²) in [6.45, 7) is 5.05. The average Bonchev–Trinajstić information content (AvgIpc) is 3.45. The highest BCUT2D eigenvalue weighted by atomic mass is 32.1. The van der Waals surface area contributed by atoms with E-state index in [1.165, 1.54) is 23.6 Å². The van der Waals surface area contributed by atoms with E-state index in [0.717, 1.165) is 37.5 Å². The van der Waals surface area contributed by atoms with Crippen molar-refractivity contribution >= 4 is 45.1 Å². The first kappa shape index (κ1) is 22.3. The van der Waals surface area contributed by atoms with E-state index in [4.69, 9.17) is 0 Å². The molecular formula is C24H21FN6OS2. The van der Waals surface area contributed by atoms with Crippen molar-refractivity contribution in [2.75, 3.05) is 18.4 Å². The minimum absolute atomic E-state index is 0.0702. The number of pyridine rings is 2. The molecule has 0 bridgehead atoms. The van der Waals surface area contributed by atoms with E-state index >= 15 is 0 Å². The maximum absolute atomic E-state index is 13.0. The van der Waals surface area contributed by atoms with E-state index < -0.39 is 5.95 Å². The number of carbonyl (C=O) groups excluding carboxylic acids is 1. The van der Waals surface area contributed by atoms with Gasteiger partial charge in [-0.05, 0) is 55.7 Å². The van der Waals surface area contributed by atoms with Crippen molar-refractivity contribution in [3.05, 3.63) is 75.9 Å². The number of thiazole rings is 2. The van der Waals surface area contributed by atoms with E-state index in [9.17, 15) is 9.18 Å². The lowest BCUT2D eigenvalue weighted by Gasteiger charge is -2.26. The van der Waals surface area contributed by atoms with Gasteiger partial charge in [0.15, 0.2) is 5.13 Å². The Morgan fingerprint density at radius 3 is 2.65 bits per heavy atom. The van der Waals surface area contributed by atoms with Gasteiger partial charge >= 0.3 is 0 Å². The van der Waals surface area contributed by atoms with Crippen molar-refractivity contribution in [3.63, 3.8) is 0 Å². The van der Waals surface area contributed by atoms with Crippen molar-refractivity contribution in [2.45, 2.75) is 20.3 Å². The molecule has 172 valence electrons. The fourth-order valence-corrected chi connectivity index (χ4v) is 5.44. The number of nitrogens with one attached hydrogen (secondary N) is 1. The lowest BCUT2D eigenvalue weighted by Crippen LogP contribution is -2.34. The van der Waals surface area contributed by atoms with Crippen molar-refractivity contribution in [1.82, 2.24) is 24.8 Å². The summed E-state index contributed by atoms with van der Waals surface area (Å²) in [6, 6.07) is 6.62. The lowest BCUT2D eigenvalue weighted by molar-refractivity contribution is 0.0772. The molecule has 1 aliphatic rings. The van der Waals surface area contributed by atoms with Gasteiger partial charge in [-0.25, -0.2) is 19.9 Å². The average molecular weight is 493 g/mol. The zero-order valence-electron chi connectivity index (χ0n) is 18.6. The quantitative estimate of drug-likeness (QED) is 0.371. The molecule has 5 heterocycles. The molecule has 1 aliphatic heterocycles. The van der Waals surface area contributed by atoms with Crippen LogP contribution in [0.15, 0.2) is 48.1 Å². The number of carbonyl (C=O) groups is 1. The highest BCUT2D eigenvalue weighted by Crippen LogP contribution is 2.32. The third-order valence-corrected chi connectivity index (χ3v) is 7.33. The molecule has 0 radical (unpaired) electrons. The topological polar surface area (TPSA) is 83.9 Å². The summed E-state index contributed by atoms with van der Waals surface area (Å²) in [5, 5.41) is 6.96. The van der Waals surface area contributed by atoms with Gasteiger partial charge in [0, 0.05) is 30.9 Å². The number of aryl methyl sites for hydroxylation is 2. The van der Waals surface area contributed by atoms with Crippen molar-refractivity contribution in [1.29, 1.82) is 0 Å². The first-order valence-electron chi connectivity index (χ1n) is 10.7. The maximum atomic E-state index is 13.0. The Bertz CT molecular complexity index is 1360. The zero-order chi connectivity index (χ0) is 23.7. The van der Waals surface area contributed by atoms with Gasteiger partial charge in [-0.15, -0.1) is 22.7 Å². The minimum Gasteiger partial charge on any atom is -0.335 e. The van der Waals surface area contributed by atoms with Crippen LogP contribution in [0.2, 0.25) is 0 Å². The number of hydrogen-bond acceptors (Lipinski definition) is 8. The molecule has 7 nitrogen and oxygen atoms in total. The van der Waals surface area contributed by atoms with Crippen LogP contribution in [-0.2, 0) is 0 Å². The predicted octanol–water partition coefficient (Wildman–Crippen LogP) is 5.49. The number of hydrogen-bond donors (Lipinski definition) is 1. The highest BCUT2D eigenvalue weighted by molar-refractivity contribution is 7.16. The monoisotopic (exact) mass is 492 g/mol. The summed E-state index contributed by atoms with van der Waals surface area (Å²) in [4.78, 5) is 33.0. The van der Waals surface area contributed by atoms with Gasteiger partial charge in [-0.3, -0.25) is 4.79 Å². The Hall–Kier alpha value is -3.50. The molecule has 4 aromatic rings. The third kappa shape index (κ3) is 4.73. The van der Waals surface area contributed by atoms with Gasteiger partial charge in [-0.2, -0.15) is 4.39 Å². The molecule has 1 amide bonds. The first-order valence-corrected chi connectivity index (χ1v) is 12.4. The van der Waals surface area contributed by atoms with Crippen LogP contribution < -0.4 is 5.32 Å². The largest absolute Gasteiger partial charge is 0.335 e. The number of rotatable bonds is 5. The Kier molecular flexibility index (Phi) is 6.16. The standard InChI is InChI=1S/C24H21FN6OS2/c1-14-22(34-15(2)28-14)19-13-33-24(29-19)30-21-6-4-18(12-27-21)23(32)31-9-7-16(8-10-31)17-3-5-20(25)26-11-17/h3-7,11-13H,8-10H2,1-2H3,(H,27,29,30). The van der Waals surface area contributed by atoms with E-state index in [1.807, 2.05) is 25.3 Å². The summed E-state index contributed by atoms with van der Waals surface area (Å²) in [5.41, 5.74) is 4.37. The third-order valence-electron chi connectivity index (χ3n) is 5.48. The molecular weight excluding hydrogens is 471 g/mol. The van der Waals surface area contributed by atoms with Crippen LogP contribution in [0.1, 0.15) is 33.0 Å². The molecule has 0 saturated heterocycles. The van der Waals surface area contributed by atoms with Crippen LogP contribution >= 0.6 is 22.7 Å². The summed E-state index contributed by atoms with van der Waals surface area (Å²) < 4.78 is 13.0. The fraction of sp³-hybridized carbons (Fsp3) is 0.208. The summed E-state index contributed by atoms with van der Waals surface area (Å²) >= 11 is 3.13. The summed E-state index contributed by atoms with van der Waals surface area (Å²) in [6.07, 6.45) is 5.79. The number of amides is 1. The van der Waals surface area contributed by atoms with Gasteiger partial charge < -0.3 is 10.2 Å². The maximum Gasteiger partial charge on any atom is 0.255 e. The molecule has 1 N–H and O–H groups in total. The van der Waals surface area contributed by atoms with Crippen LogP contribution in [0.25, 0.3) is 16.1 Å². The molecule has 0 aromatic carbocycles. The molecule has 0 fully saturated rings. The van der Waals surface area contributed by atoms with Gasteiger partial charge in [0.25, 0.3) is 5.91 Å². The SMILES string of the molecule is Cc1nc(C)c(-c2csc(Nc3ccc(C(=O)N4CC=C(c5ccc(F)nc5)CC4)cn3)n2)s1. The van der Waals surface area contributed by atoms with Crippen molar-refractivity contribution in [3.8, 4) is 10.6 Å². The molecule has 5 rings (SSSR count). The number of anilines is 2. The van der Waals surface area contributed by atoms with E-state index in [2.05, 4.69) is 25.3 Å². The van der Waals surface area contributed by atoms with E-state index in [-0.39, 0.29) is 5.91 Å². The minimum atomic E-state index is -0.498. The van der Waals surface area contributed by atoms with Crippen LogP contribution in [0.3, 0.4) is 0 Å². The first-order chi connectivity index (χ1) is 16.5. The van der Waals surface area contributed by atoms with Gasteiger partial charge in [-0.1, -0.05) is 6.08 Å². The summed E-state index contributed by atoms with van der Waals surface area (Å²) in [5.74, 6) is 0.0566. The van der Waals surface area contributed by atoms with Gasteiger partial charge in [0.05, 0.1) is 26.8 Å². The van der Waals surface area contributed by atoms with E-state index in [0.29, 0.717) is 30.9 Å². The van der Waals surface area contributed by atoms with Crippen molar-refractivity contribution < 1.29 is 9.18 Å². The fourth-order valence-electron chi connectivity index (χ4n) is 3.77. The van der Waals surface area contributed by atoms with Crippen LogP contribution in [0.4, 0.5) is 15.3 Å². The smallest absolute Gasteiger partial charge is 0.255 e. The molecule has 0 unspecified atom stereocenters.